The van der Waals surface area contributed by atoms with Gasteiger partial charge in [0.1, 0.15) is 0 Å². The van der Waals surface area contributed by atoms with Gasteiger partial charge in [0.2, 0.25) is 5.89 Å². The fourth-order valence-electron chi connectivity index (χ4n) is 2.92. The lowest BCUT2D eigenvalue weighted by Gasteiger charge is -2.26. The second-order valence-corrected chi connectivity index (χ2v) is 6.04. The lowest BCUT2D eigenvalue weighted by molar-refractivity contribution is -0.141. The minimum Gasteiger partial charge on any atom is -0.481 e. The second-order valence-electron chi connectivity index (χ2n) is 6.04. The van der Waals surface area contributed by atoms with Crippen LogP contribution in [-0.4, -0.2) is 21.2 Å². The molecule has 0 radical (unpaired) electrons. The maximum Gasteiger partial charge on any atom is 0.307 e. The molecule has 1 aliphatic carbocycles. The fraction of sp³-hybridized carbons (Fsp3) is 0.800. The average Bonchev–Trinajstić information content (AvgIpc) is 2.95. The van der Waals surface area contributed by atoms with E-state index in [4.69, 9.17) is 9.63 Å². The molecule has 0 amide bonds. The Kier molecular flexibility index (Phi) is 4.78. The largest absolute Gasteiger partial charge is 0.481 e. The average molecular weight is 280 g/mol. The van der Waals surface area contributed by atoms with Crippen LogP contribution in [0.25, 0.3) is 0 Å². The van der Waals surface area contributed by atoms with Crippen molar-refractivity contribution in [2.45, 2.75) is 64.7 Å². The molecule has 112 valence electrons. The van der Waals surface area contributed by atoms with Crippen molar-refractivity contribution in [3.05, 3.63) is 11.7 Å². The lowest BCUT2D eigenvalue weighted by Crippen LogP contribution is -2.17. The summed E-state index contributed by atoms with van der Waals surface area (Å²) in [6.45, 7) is 5.72. The summed E-state index contributed by atoms with van der Waals surface area (Å²) in [5.74, 6) is 0.749. The SMILES string of the molecule is CCC1CCCC(c2noc(C(C)C(C)C(=O)O)n2)C1. The minimum absolute atomic E-state index is 0.251. The van der Waals surface area contributed by atoms with Crippen molar-refractivity contribution < 1.29 is 14.4 Å². The van der Waals surface area contributed by atoms with E-state index in [-0.39, 0.29) is 5.92 Å². The van der Waals surface area contributed by atoms with E-state index in [0.29, 0.717) is 11.8 Å². The first kappa shape index (κ1) is 15.0. The molecule has 1 fully saturated rings. The monoisotopic (exact) mass is 280 g/mol. The van der Waals surface area contributed by atoms with Gasteiger partial charge < -0.3 is 9.63 Å². The Morgan fingerprint density at radius 2 is 2.20 bits per heavy atom. The van der Waals surface area contributed by atoms with E-state index in [1.54, 1.807) is 6.92 Å². The summed E-state index contributed by atoms with van der Waals surface area (Å²) < 4.78 is 5.30. The van der Waals surface area contributed by atoms with Crippen molar-refractivity contribution in [1.82, 2.24) is 10.1 Å². The Bertz CT molecular complexity index is 458. The summed E-state index contributed by atoms with van der Waals surface area (Å²) >= 11 is 0. The maximum atomic E-state index is 11.0. The quantitative estimate of drug-likeness (QED) is 0.892. The molecule has 0 spiro atoms. The summed E-state index contributed by atoms with van der Waals surface area (Å²) in [6.07, 6.45) is 5.95. The number of hydrogen-bond donors (Lipinski definition) is 1. The van der Waals surface area contributed by atoms with E-state index in [0.717, 1.165) is 24.6 Å². The van der Waals surface area contributed by atoms with E-state index in [2.05, 4.69) is 17.1 Å². The predicted molar refractivity (Wildman–Crippen MR) is 74.5 cm³/mol. The summed E-state index contributed by atoms with van der Waals surface area (Å²) in [7, 11) is 0. The molecule has 5 nitrogen and oxygen atoms in total. The number of carbonyl (C=O) groups is 1. The summed E-state index contributed by atoms with van der Waals surface area (Å²) in [5, 5.41) is 13.1. The van der Waals surface area contributed by atoms with Gasteiger partial charge in [-0.1, -0.05) is 45.2 Å². The third-order valence-electron chi connectivity index (χ3n) is 4.71. The molecule has 1 aromatic rings. The van der Waals surface area contributed by atoms with Crippen molar-refractivity contribution >= 4 is 5.97 Å². The van der Waals surface area contributed by atoms with Crippen molar-refractivity contribution in [3.8, 4) is 0 Å². The molecule has 4 unspecified atom stereocenters. The third-order valence-corrected chi connectivity index (χ3v) is 4.71. The van der Waals surface area contributed by atoms with Gasteiger partial charge in [-0.3, -0.25) is 4.79 Å². The molecule has 1 aliphatic rings. The van der Waals surface area contributed by atoms with Crippen LogP contribution in [0.1, 0.15) is 76.4 Å². The summed E-state index contributed by atoms with van der Waals surface area (Å²) in [5.41, 5.74) is 0. The zero-order chi connectivity index (χ0) is 14.7. The van der Waals surface area contributed by atoms with Crippen LogP contribution in [0.5, 0.6) is 0 Å². The number of hydrogen-bond acceptors (Lipinski definition) is 4. The van der Waals surface area contributed by atoms with Gasteiger partial charge in [0.05, 0.1) is 5.92 Å². The van der Waals surface area contributed by atoms with Crippen molar-refractivity contribution in [2.24, 2.45) is 11.8 Å². The van der Waals surface area contributed by atoms with Crippen LogP contribution in [0.3, 0.4) is 0 Å². The van der Waals surface area contributed by atoms with Gasteiger partial charge >= 0.3 is 5.97 Å². The van der Waals surface area contributed by atoms with Crippen LogP contribution in [0.15, 0.2) is 4.52 Å². The first-order valence-corrected chi connectivity index (χ1v) is 7.59. The Morgan fingerprint density at radius 1 is 1.45 bits per heavy atom. The number of aliphatic carboxylic acids is 1. The molecule has 1 saturated carbocycles. The molecular formula is C15H24N2O3. The molecule has 5 heteroatoms. The molecule has 4 atom stereocenters. The second kappa shape index (κ2) is 6.37. The van der Waals surface area contributed by atoms with Gasteiger partial charge in [-0.2, -0.15) is 4.98 Å². The Hall–Kier alpha value is -1.39. The van der Waals surface area contributed by atoms with E-state index in [1.807, 2.05) is 6.92 Å². The highest BCUT2D eigenvalue weighted by Gasteiger charge is 2.29. The van der Waals surface area contributed by atoms with Crippen LogP contribution in [0, 0.1) is 11.8 Å². The van der Waals surface area contributed by atoms with Crippen molar-refractivity contribution in [2.75, 3.05) is 0 Å². The summed E-state index contributed by atoms with van der Waals surface area (Å²) in [4.78, 5) is 15.5. The molecular weight excluding hydrogens is 256 g/mol. The highest BCUT2D eigenvalue weighted by Crippen LogP contribution is 2.36. The molecule has 0 aliphatic heterocycles. The Labute approximate surface area is 119 Å². The van der Waals surface area contributed by atoms with Crippen LogP contribution in [0.4, 0.5) is 0 Å². The van der Waals surface area contributed by atoms with Gasteiger partial charge in [-0.05, 0) is 18.8 Å². The summed E-state index contributed by atoms with van der Waals surface area (Å²) in [6, 6.07) is 0. The van der Waals surface area contributed by atoms with E-state index < -0.39 is 11.9 Å². The van der Waals surface area contributed by atoms with Crippen LogP contribution < -0.4 is 0 Å². The van der Waals surface area contributed by atoms with E-state index in [9.17, 15) is 4.79 Å². The first-order chi connectivity index (χ1) is 9.52. The molecule has 0 saturated heterocycles. The smallest absolute Gasteiger partial charge is 0.307 e. The van der Waals surface area contributed by atoms with E-state index in [1.165, 1.54) is 19.3 Å². The minimum atomic E-state index is -0.832. The standard InChI is InChI=1S/C15H24N2O3/c1-4-11-6-5-7-12(8-11)13-16-14(20-17-13)9(2)10(3)15(18)19/h9-12H,4-8H2,1-3H3,(H,18,19). The van der Waals surface area contributed by atoms with Gasteiger partial charge in [-0.15, -0.1) is 0 Å². The first-order valence-electron chi connectivity index (χ1n) is 7.59. The normalized spacial score (nSPS) is 26.1. The third kappa shape index (κ3) is 3.19. The van der Waals surface area contributed by atoms with Gasteiger partial charge in [0, 0.05) is 11.8 Å². The molecule has 20 heavy (non-hydrogen) atoms. The predicted octanol–water partition coefficient (Wildman–Crippen LogP) is 3.58. The molecule has 1 aromatic heterocycles. The van der Waals surface area contributed by atoms with Crippen molar-refractivity contribution in [3.63, 3.8) is 0 Å². The molecule has 1 heterocycles. The Morgan fingerprint density at radius 3 is 2.85 bits per heavy atom. The maximum absolute atomic E-state index is 11.0. The molecule has 0 bridgehead atoms. The van der Waals surface area contributed by atoms with Gasteiger partial charge in [-0.25, -0.2) is 0 Å². The zero-order valence-corrected chi connectivity index (χ0v) is 12.5. The van der Waals surface area contributed by atoms with Crippen LogP contribution in [-0.2, 0) is 4.79 Å². The number of nitrogens with zero attached hydrogens (tertiary/aromatic N) is 2. The van der Waals surface area contributed by atoms with Crippen molar-refractivity contribution in [1.29, 1.82) is 0 Å². The zero-order valence-electron chi connectivity index (χ0n) is 12.5. The lowest BCUT2D eigenvalue weighted by atomic mass is 9.80. The number of rotatable bonds is 5. The molecule has 1 N–H and O–H groups in total. The topological polar surface area (TPSA) is 76.2 Å². The van der Waals surface area contributed by atoms with E-state index >= 15 is 0 Å². The van der Waals surface area contributed by atoms with Crippen LogP contribution in [0.2, 0.25) is 0 Å². The number of carboxylic acids is 1. The van der Waals surface area contributed by atoms with Gasteiger partial charge in [0.15, 0.2) is 5.82 Å². The van der Waals surface area contributed by atoms with Crippen LogP contribution >= 0.6 is 0 Å². The number of carboxylic acid groups (broad SMARTS) is 1. The number of aromatic nitrogens is 2. The highest BCUT2D eigenvalue weighted by atomic mass is 16.5. The van der Waals surface area contributed by atoms with Gasteiger partial charge in [0.25, 0.3) is 0 Å². The fourth-order valence-corrected chi connectivity index (χ4v) is 2.92. The highest BCUT2D eigenvalue weighted by molar-refractivity contribution is 5.70. The molecule has 2 rings (SSSR count). The Balaban J connectivity index is 2.06. The molecule has 0 aromatic carbocycles.